The average Bonchev–Trinajstić information content (AvgIpc) is 2.64. The van der Waals surface area contributed by atoms with E-state index >= 15 is 0 Å². The molecule has 5 nitrogen and oxygen atoms in total. The van der Waals surface area contributed by atoms with Crippen LogP contribution in [0.15, 0.2) is 54.6 Å². The topological polar surface area (TPSA) is 94.8 Å². The van der Waals surface area contributed by atoms with Crippen LogP contribution in [0.3, 0.4) is 0 Å². The third kappa shape index (κ3) is 3.65. The predicted octanol–water partition coefficient (Wildman–Crippen LogP) is 5.89. The third-order valence-corrected chi connectivity index (χ3v) is 7.10. The number of phenolic OH excluding ortho intramolecular Hbond substituents is 2. The van der Waals surface area contributed by atoms with Crippen LogP contribution in [0.1, 0.15) is 16.7 Å². The SMILES string of the molecule is O=S(=O)(O)C(c1ccc(Cl)cc1)(c1cc(O)ccc1Cl)c1c(Cl)ccc(O)c1Cl. The highest BCUT2D eigenvalue weighted by atomic mass is 35.5. The first-order valence-corrected chi connectivity index (χ1v) is 10.8. The number of hydrogen-bond donors (Lipinski definition) is 3. The van der Waals surface area contributed by atoms with Crippen molar-refractivity contribution in [1.82, 2.24) is 0 Å². The maximum absolute atomic E-state index is 13.0. The summed E-state index contributed by atoms with van der Waals surface area (Å²) in [4.78, 5) is 0. The first kappa shape index (κ1) is 22.0. The van der Waals surface area contributed by atoms with Gasteiger partial charge in [-0.15, -0.1) is 0 Å². The van der Waals surface area contributed by atoms with Crippen molar-refractivity contribution in [3.8, 4) is 11.5 Å². The van der Waals surface area contributed by atoms with E-state index in [1.165, 1.54) is 48.5 Å². The molecule has 0 radical (unpaired) electrons. The molecule has 0 amide bonds. The van der Waals surface area contributed by atoms with Gasteiger partial charge in [0.2, 0.25) is 0 Å². The Hall–Kier alpha value is -1.67. The summed E-state index contributed by atoms with van der Waals surface area (Å²) in [5.41, 5.74) is -0.581. The van der Waals surface area contributed by atoms with Crippen molar-refractivity contribution in [2.75, 3.05) is 0 Å². The smallest absolute Gasteiger partial charge is 0.283 e. The van der Waals surface area contributed by atoms with Crippen molar-refractivity contribution >= 4 is 56.5 Å². The summed E-state index contributed by atoms with van der Waals surface area (Å²) in [6.07, 6.45) is 0. The van der Waals surface area contributed by atoms with Crippen LogP contribution >= 0.6 is 46.4 Å². The lowest BCUT2D eigenvalue weighted by molar-refractivity contribution is 0.455. The monoisotopic (exact) mass is 492 g/mol. The molecule has 29 heavy (non-hydrogen) atoms. The first-order valence-electron chi connectivity index (χ1n) is 7.89. The van der Waals surface area contributed by atoms with Crippen LogP contribution in [0, 0.1) is 0 Å². The van der Waals surface area contributed by atoms with Gasteiger partial charge >= 0.3 is 0 Å². The van der Waals surface area contributed by atoms with E-state index in [0.717, 1.165) is 6.07 Å². The molecule has 0 fully saturated rings. The molecule has 0 aromatic heterocycles. The van der Waals surface area contributed by atoms with Gasteiger partial charge in [-0.3, -0.25) is 4.55 Å². The number of hydrogen-bond acceptors (Lipinski definition) is 4. The molecule has 152 valence electrons. The Morgan fingerprint density at radius 3 is 1.97 bits per heavy atom. The molecular weight excluding hydrogens is 482 g/mol. The second-order valence-electron chi connectivity index (χ2n) is 6.08. The highest BCUT2D eigenvalue weighted by molar-refractivity contribution is 7.87. The zero-order chi connectivity index (χ0) is 21.6. The minimum atomic E-state index is -5.12. The molecule has 0 aliphatic rings. The number of rotatable bonds is 4. The Kier molecular flexibility index (Phi) is 5.98. The lowest BCUT2D eigenvalue weighted by Crippen LogP contribution is -2.39. The Balaban J connectivity index is 2.65. The quantitative estimate of drug-likeness (QED) is 0.311. The summed E-state index contributed by atoms with van der Waals surface area (Å²) >= 11 is 24.8. The van der Waals surface area contributed by atoms with E-state index < -0.39 is 25.6 Å². The zero-order valence-corrected chi connectivity index (χ0v) is 18.1. The van der Waals surface area contributed by atoms with Crippen LogP contribution in [0.5, 0.6) is 11.5 Å². The van der Waals surface area contributed by atoms with E-state index in [4.69, 9.17) is 46.4 Å². The molecular formula is C19H12Cl4O5S. The van der Waals surface area contributed by atoms with Crippen LogP contribution in [0.4, 0.5) is 0 Å². The third-order valence-electron chi connectivity index (χ3n) is 4.39. The predicted molar refractivity (Wildman–Crippen MR) is 114 cm³/mol. The van der Waals surface area contributed by atoms with Gasteiger partial charge in [0, 0.05) is 26.2 Å². The Morgan fingerprint density at radius 1 is 0.793 bits per heavy atom. The van der Waals surface area contributed by atoms with Gasteiger partial charge in [0.1, 0.15) is 11.5 Å². The molecule has 3 aromatic rings. The molecule has 0 aliphatic carbocycles. The second kappa shape index (κ2) is 7.87. The van der Waals surface area contributed by atoms with E-state index in [0.29, 0.717) is 5.02 Å². The van der Waals surface area contributed by atoms with Crippen molar-refractivity contribution in [3.63, 3.8) is 0 Å². The van der Waals surface area contributed by atoms with Gasteiger partial charge in [0.25, 0.3) is 10.1 Å². The van der Waals surface area contributed by atoms with Crippen LogP contribution in [0.25, 0.3) is 0 Å². The zero-order valence-electron chi connectivity index (χ0n) is 14.3. The van der Waals surface area contributed by atoms with Crippen molar-refractivity contribution in [1.29, 1.82) is 0 Å². The molecule has 3 rings (SSSR count). The molecule has 1 atom stereocenters. The lowest BCUT2D eigenvalue weighted by atomic mass is 9.83. The fraction of sp³-hybridized carbons (Fsp3) is 0.0526. The Morgan fingerprint density at radius 2 is 1.38 bits per heavy atom. The van der Waals surface area contributed by atoms with Gasteiger partial charge in [-0.05, 0) is 48.0 Å². The summed E-state index contributed by atoms with van der Waals surface area (Å²) in [5, 5.41) is 19.8. The second-order valence-corrected chi connectivity index (χ2v) is 9.27. The van der Waals surface area contributed by atoms with Crippen LogP contribution in [-0.4, -0.2) is 23.2 Å². The Bertz CT molecular complexity index is 1200. The average molecular weight is 494 g/mol. The minimum Gasteiger partial charge on any atom is -0.508 e. The molecule has 10 heteroatoms. The van der Waals surface area contributed by atoms with Crippen molar-refractivity contribution in [3.05, 3.63) is 91.4 Å². The van der Waals surface area contributed by atoms with E-state index in [1.807, 2.05) is 0 Å². The maximum atomic E-state index is 13.0. The summed E-state index contributed by atoms with van der Waals surface area (Å²) in [6, 6.07) is 11.5. The molecule has 0 bridgehead atoms. The standard InChI is InChI=1S/C19H12Cl4O5S/c20-11-3-1-10(2-4-11)19(29(26,27)28,13-9-12(24)5-6-14(13)21)17-15(22)7-8-16(25)18(17)23/h1-9,24-25H,(H,26,27,28). The number of aromatic hydroxyl groups is 2. The van der Waals surface area contributed by atoms with Crippen LogP contribution < -0.4 is 0 Å². The van der Waals surface area contributed by atoms with Gasteiger partial charge < -0.3 is 10.2 Å². The van der Waals surface area contributed by atoms with E-state index in [9.17, 15) is 23.2 Å². The molecule has 3 N–H and O–H groups in total. The van der Waals surface area contributed by atoms with Crippen molar-refractivity contribution in [2.24, 2.45) is 0 Å². The molecule has 0 saturated heterocycles. The Labute approximate surface area is 186 Å². The van der Waals surface area contributed by atoms with Crippen LogP contribution in [0.2, 0.25) is 20.1 Å². The number of benzene rings is 3. The van der Waals surface area contributed by atoms with Gasteiger partial charge in [-0.2, -0.15) is 8.42 Å². The molecule has 1 unspecified atom stereocenters. The van der Waals surface area contributed by atoms with Crippen molar-refractivity contribution in [2.45, 2.75) is 4.75 Å². The minimum absolute atomic E-state index is 0.0219. The summed E-state index contributed by atoms with van der Waals surface area (Å²) in [7, 11) is -5.12. The van der Waals surface area contributed by atoms with Gasteiger partial charge in [-0.1, -0.05) is 58.5 Å². The van der Waals surface area contributed by atoms with Crippen molar-refractivity contribution < 1.29 is 23.2 Å². The van der Waals surface area contributed by atoms with Gasteiger partial charge in [0.05, 0.1) is 5.02 Å². The summed E-state index contributed by atoms with van der Waals surface area (Å²) in [5.74, 6) is -0.789. The first-order chi connectivity index (χ1) is 13.5. The molecule has 0 spiro atoms. The molecule has 3 aromatic carbocycles. The van der Waals surface area contributed by atoms with Crippen LogP contribution in [-0.2, 0) is 14.9 Å². The molecule has 0 saturated carbocycles. The fourth-order valence-corrected chi connectivity index (χ4v) is 5.74. The number of halogens is 4. The van der Waals surface area contributed by atoms with Gasteiger partial charge in [-0.25, -0.2) is 0 Å². The highest BCUT2D eigenvalue weighted by Gasteiger charge is 2.52. The normalized spacial score (nSPS) is 13.8. The highest BCUT2D eigenvalue weighted by Crippen LogP contribution is 2.53. The van der Waals surface area contributed by atoms with E-state index in [1.54, 1.807) is 0 Å². The lowest BCUT2D eigenvalue weighted by Gasteiger charge is -2.34. The summed E-state index contributed by atoms with van der Waals surface area (Å²) < 4.78 is 34.0. The largest absolute Gasteiger partial charge is 0.508 e. The van der Waals surface area contributed by atoms with Gasteiger partial charge in [0.15, 0.2) is 4.75 Å². The number of phenols is 2. The fourth-order valence-electron chi connectivity index (χ4n) is 3.18. The summed E-state index contributed by atoms with van der Waals surface area (Å²) in [6.45, 7) is 0. The molecule has 0 aliphatic heterocycles. The van der Waals surface area contributed by atoms with E-state index in [2.05, 4.69) is 0 Å². The molecule has 0 heterocycles. The maximum Gasteiger partial charge on any atom is 0.283 e. The van der Waals surface area contributed by atoms with E-state index in [-0.39, 0.29) is 32.5 Å².